The van der Waals surface area contributed by atoms with E-state index in [1.165, 1.54) is 42.5 Å². The molecule has 2 aliphatic rings. The number of hydrogen-bond acceptors (Lipinski definition) is 6. The summed E-state index contributed by atoms with van der Waals surface area (Å²) in [5, 5.41) is 13.1. The standard InChI is InChI=1S/C23H18ClN3O6/c24-16-10-8-14(9-11-16)20(28)13-25(21(29)15-4-3-5-17(12-15)27(32)33)26-22(30)18-6-1-2-7-19(18)23(26)31/h1-5,8-12,18-19H,6-7,13H2/t18-,19+. The van der Waals surface area contributed by atoms with E-state index in [0.29, 0.717) is 17.9 Å². The fourth-order valence-electron chi connectivity index (χ4n) is 4.02. The Kier molecular flexibility index (Phi) is 6.06. The highest BCUT2D eigenvalue weighted by Gasteiger charge is 2.51. The van der Waals surface area contributed by atoms with Crippen molar-refractivity contribution in [3.05, 3.63) is 86.9 Å². The van der Waals surface area contributed by atoms with Gasteiger partial charge in [0, 0.05) is 28.3 Å². The molecule has 168 valence electrons. The van der Waals surface area contributed by atoms with Gasteiger partial charge in [-0.1, -0.05) is 29.8 Å². The van der Waals surface area contributed by atoms with Gasteiger partial charge < -0.3 is 0 Å². The molecule has 1 aliphatic carbocycles. The predicted molar refractivity (Wildman–Crippen MR) is 117 cm³/mol. The number of amides is 3. The summed E-state index contributed by atoms with van der Waals surface area (Å²) in [7, 11) is 0. The number of Topliss-reactive ketones (excluding diaryl/α,β-unsaturated/α-hetero) is 1. The van der Waals surface area contributed by atoms with Gasteiger partial charge in [-0.3, -0.25) is 29.3 Å². The molecule has 2 atom stereocenters. The van der Waals surface area contributed by atoms with E-state index in [1.807, 2.05) is 0 Å². The number of halogens is 1. The summed E-state index contributed by atoms with van der Waals surface area (Å²) < 4.78 is 0. The second-order valence-electron chi connectivity index (χ2n) is 7.74. The van der Waals surface area contributed by atoms with Crippen LogP contribution in [0.1, 0.15) is 33.6 Å². The number of allylic oxidation sites excluding steroid dienone is 2. The molecule has 4 rings (SSSR count). The third-order valence-corrected chi connectivity index (χ3v) is 5.98. The molecule has 0 saturated carbocycles. The van der Waals surface area contributed by atoms with E-state index in [9.17, 15) is 29.3 Å². The molecule has 2 aromatic rings. The molecule has 0 unspecified atom stereocenters. The lowest BCUT2D eigenvalue weighted by molar-refractivity contribution is -0.384. The number of hydrazine groups is 1. The number of non-ortho nitro benzene ring substituents is 1. The first-order valence-electron chi connectivity index (χ1n) is 10.2. The number of imide groups is 1. The zero-order valence-electron chi connectivity index (χ0n) is 17.2. The number of rotatable bonds is 6. The maximum atomic E-state index is 13.4. The molecule has 10 heteroatoms. The Morgan fingerprint density at radius 2 is 1.61 bits per heavy atom. The summed E-state index contributed by atoms with van der Waals surface area (Å²) >= 11 is 5.87. The zero-order valence-corrected chi connectivity index (χ0v) is 18.0. The number of hydrogen-bond donors (Lipinski definition) is 0. The Hall–Kier alpha value is -3.85. The first-order valence-corrected chi connectivity index (χ1v) is 10.5. The van der Waals surface area contributed by atoms with Crippen molar-refractivity contribution in [3.63, 3.8) is 0 Å². The van der Waals surface area contributed by atoms with Gasteiger partial charge in [-0.05, 0) is 43.2 Å². The van der Waals surface area contributed by atoms with Crippen LogP contribution < -0.4 is 0 Å². The summed E-state index contributed by atoms with van der Waals surface area (Å²) in [5.74, 6) is -3.77. The molecular weight excluding hydrogens is 450 g/mol. The van der Waals surface area contributed by atoms with Crippen molar-refractivity contribution in [2.75, 3.05) is 6.54 Å². The van der Waals surface area contributed by atoms with Crippen LogP contribution in [-0.2, 0) is 9.59 Å². The van der Waals surface area contributed by atoms with Gasteiger partial charge in [0.05, 0.1) is 16.8 Å². The molecule has 2 aromatic carbocycles. The van der Waals surface area contributed by atoms with E-state index < -0.39 is 46.8 Å². The number of nitrogens with zero attached hydrogens (tertiary/aromatic N) is 3. The predicted octanol–water partition coefficient (Wildman–Crippen LogP) is 3.44. The fraction of sp³-hybridized carbons (Fsp3) is 0.217. The third-order valence-electron chi connectivity index (χ3n) is 5.72. The minimum atomic E-state index is -0.866. The van der Waals surface area contributed by atoms with Crippen LogP contribution in [0.2, 0.25) is 5.02 Å². The van der Waals surface area contributed by atoms with E-state index in [2.05, 4.69) is 0 Å². The number of fused-ring (bicyclic) bond motifs is 1. The van der Waals surface area contributed by atoms with Crippen LogP contribution in [-0.4, -0.2) is 45.0 Å². The Labute approximate surface area is 193 Å². The summed E-state index contributed by atoms with van der Waals surface area (Å²) in [5.41, 5.74) is -0.224. The first kappa shape index (κ1) is 22.3. The normalized spacial score (nSPS) is 19.4. The van der Waals surface area contributed by atoms with Crippen molar-refractivity contribution < 1.29 is 24.1 Å². The molecule has 0 N–H and O–H groups in total. The van der Waals surface area contributed by atoms with Crippen LogP contribution in [0.5, 0.6) is 0 Å². The molecule has 0 spiro atoms. The number of ketones is 1. The highest BCUT2D eigenvalue weighted by molar-refractivity contribution is 6.30. The van der Waals surface area contributed by atoms with Gasteiger partial charge >= 0.3 is 0 Å². The Bertz CT molecular complexity index is 1170. The second kappa shape index (κ2) is 8.95. The van der Waals surface area contributed by atoms with Crippen LogP contribution in [0.15, 0.2) is 60.7 Å². The molecule has 1 aliphatic heterocycles. The summed E-state index contributed by atoms with van der Waals surface area (Å²) in [6.07, 6.45) is 4.33. The molecule has 1 heterocycles. The van der Waals surface area contributed by atoms with Crippen molar-refractivity contribution in [1.29, 1.82) is 0 Å². The van der Waals surface area contributed by atoms with Crippen molar-refractivity contribution in [2.45, 2.75) is 12.8 Å². The molecule has 0 radical (unpaired) electrons. The smallest absolute Gasteiger partial charge is 0.273 e. The molecule has 9 nitrogen and oxygen atoms in total. The lowest BCUT2D eigenvalue weighted by atomic mass is 9.85. The van der Waals surface area contributed by atoms with E-state index in [-0.39, 0.29) is 16.8 Å². The maximum absolute atomic E-state index is 13.4. The first-order chi connectivity index (χ1) is 15.8. The number of benzene rings is 2. The molecule has 0 aromatic heterocycles. The van der Waals surface area contributed by atoms with Crippen molar-refractivity contribution in [3.8, 4) is 0 Å². The van der Waals surface area contributed by atoms with E-state index in [0.717, 1.165) is 16.1 Å². The van der Waals surface area contributed by atoms with Gasteiger partial charge in [-0.2, -0.15) is 5.01 Å². The number of carbonyl (C=O) groups excluding carboxylic acids is 4. The van der Waals surface area contributed by atoms with Gasteiger partial charge in [0.2, 0.25) is 0 Å². The highest BCUT2D eigenvalue weighted by Crippen LogP contribution is 2.36. The van der Waals surface area contributed by atoms with Crippen LogP contribution in [0.25, 0.3) is 0 Å². The molecule has 1 saturated heterocycles. The average molecular weight is 468 g/mol. The van der Waals surface area contributed by atoms with E-state index >= 15 is 0 Å². The number of carbonyl (C=O) groups is 4. The SMILES string of the molecule is O=C(CN(C(=O)c1cccc([N+](=O)[O-])c1)N1C(=O)[C@H]2CC=CC[C@H]2C1=O)c1ccc(Cl)cc1. The van der Waals surface area contributed by atoms with Crippen molar-refractivity contribution >= 4 is 40.8 Å². The minimum Gasteiger partial charge on any atom is -0.292 e. The quantitative estimate of drug-likeness (QED) is 0.211. The van der Waals surface area contributed by atoms with Crippen molar-refractivity contribution in [2.24, 2.45) is 11.8 Å². The molecule has 3 amide bonds. The summed E-state index contributed by atoms with van der Waals surface area (Å²) in [6.45, 7) is -0.604. The van der Waals surface area contributed by atoms with Crippen molar-refractivity contribution in [1.82, 2.24) is 10.0 Å². The number of nitro groups is 1. The monoisotopic (exact) mass is 467 g/mol. The van der Waals surface area contributed by atoms with Gasteiger partial charge in [0.15, 0.2) is 5.78 Å². The van der Waals surface area contributed by atoms with Gasteiger partial charge in [0.25, 0.3) is 23.4 Å². The molecule has 0 bridgehead atoms. The van der Waals surface area contributed by atoms with Gasteiger partial charge in [-0.25, -0.2) is 5.01 Å². The Balaban J connectivity index is 1.71. The average Bonchev–Trinajstić information content (AvgIpc) is 3.07. The lowest BCUT2D eigenvalue weighted by Gasteiger charge is -2.30. The molecular formula is C23H18ClN3O6. The molecule has 1 fully saturated rings. The topological polar surface area (TPSA) is 118 Å². The van der Waals surface area contributed by atoms with Crippen LogP contribution in [0.3, 0.4) is 0 Å². The summed E-state index contributed by atoms with van der Waals surface area (Å²) in [4.78, 5) is 63.1. The highest BCUT2D eigenvalue weighted by atomic mass is 35.5. The largest absolute Gasteiger partial charge is 0.292 e. The molecule has 33 heavy (non-hydrogen) atoms. The Morgan fingerprint density at radius 3 is 2.18 bits per heavy atom. The van der Waals surface area contributed by atoms with Crippen LogP contribution in [0.4, 0.5) is 5.69 Å². The van der Waals surface area contributed by atoms with Gasteiger partial charge in [0.1, 0.15) is 6.54 Å². The summed E-state index contributed by atoms with van der Waals surface area (Å²) in [6, 6.07) is 10.9. The number of nitro benzene ring substituents is 1. The second-order valence-corrected chi connectivity index (χ2v) is 8.18. The fourth-order valence-corrected chi connectivity index (χ4v) is 4.14. The third kappa shape index (κ3) is 4.27. The van der Waals surface area contributed by atoms with E-state index in [4.69, 9.17) is 11.6 Å². The van der Waals surface area contributed by atoms with Crippen LogP contribution in [0, 0.1) is 22.0 Å². The lowest BCUT2D eigenvalue weighted by Crippen LogP contribution is -2.52. The minimum absolute atomic E-state index is 0.123. The van der Waals surface area contributed by atoms with E-state index in [1.54, 1.807) is 12.2 Å². The van der Waals surface area contributed by atoms with Gasteiger partial charge in [-0.15, -0.1) is 0 Å². The maximum Gasteiger partial charge on any atom is 0.273 e. The zero-order chi connectivity index (χ0) is 23.7. The Morgan fingerprint density at radius 1 is 1.00 bits per heavy atom. The van der Waals surface area contributed by atoms with Crippen LogP contribution >= 0.6 is 11.6 Å².